The largest absolute Gasteiger partial charge is 0.506 e. The maximum atomic E-state index is 11.8. The van der Waals surface area contributed by atoms with Gasteiger partial charge in [0.1, 0.15) is 5.75 Å². The van der Waals surface area contributed by atoms with Crippen molar-refractivity contribution in [3.05, 3.63) is 66.0 Å². The smallest absolute Gasteiger partial charge is 0.327 e. The molecule has 0 atom stereocenters. The fraction of sp³-hybridized carbons (Fsp3) is 0.125. The highest BCUT2D eigenvalue weighted by atomic mass is 32.2. The first kappa shape index (κ1) is 17.3. The number of phenolic OH excluding ortho intramolecular Hbond substituents is 1. The van der Waals surface area contributed by atoms with Gasteiger partial charge in [0.05, 0.1) is 10.6 Å². The third-order valence-corrected chi connectivity index (χ3v) is 6.08. The zero-order valence-corrected chi connectivity index (χ0v) is 14.9. The number of nitrogens with zero attached hydrogens (tertiary/aromatic N) is 1. The topological polar surface area (TPSA) is 104 Å². The van der Waals surface area contributed by atoms with E-state index in [-0.39, 0.29) is 16.3 Å². The van der Waals surface area contributed by atoms with Gasteiger partial charge in [-0.3, -0.25) is 4.72 Å². The molecule has 1 aliphatic rings. The first-order valence-electron chi connectivity index (χ1n) is 7.26. The minimum Gasteiger partial charge on any atom is -0.506 e. The minimum atomic E-state index is -3.71. The Morgan fingerprint density at radius 2 is 1.84 bits per heavy atom. The van der Waals surface area contributed by atoms with Crippen LogP contribution in [0.3, 0.4) is 0 Å². The second-order valence-electron chi connectivity index (χ2n) is 5.65. The van der Waals surface area contributed by atoms with E-state index in [9.17, 15) is 21.9 Å². The molecule has 0 amide bonds. The molecule has 3 rings (SSSR count). The third kappa shape index (κ3) is 3.62. The number of anilines is 1. The van der Waals surface area contributed by atoms with Gasteiger partial charge in [0.15, 0.2) is 9.84 Å². The van der Waals surface area contributed by atoms with Crippen molar-refractivity contribution in [2.45, 2.75) is 11.3 Å². The summed E-state index contributed by atoms with van der Waals surface area (Å²) < 4.78 is 50.0. The van der Waals surface area contributed by atoms with Crippen molar-refractivity contribution in [2.24, 2.45) is 0 Å². The summed E-state index contributed by atoms with van der Waals surface area (Å²) >= 11 is 0. The Labute approximate surface area is 146 Å². The van der Waals surface area contributed by atoms with Crippen molar-refractivity contribution < 1.29 is 21.9 Å². The molecule has 0 saturated carbocycles. The highest BCUT2D eigenvalue weighted by Crippen LogP contribution is 2.32. The van der Waals surface area contributed by atoms with E-state index in [1.54, 1.807) is 24.3 Å². The summed E-state index contributed by atoms with van der Waals surface area (Å²) in [7, 11) is -7.00. The van der Waals surface area contributed by atoms with Crippen molar-refractivity contribution in [1.82, 2.24) is 4.72 Å². The van der Waals surface area contributed by atoms with Crippen LogP contribution < -0.4 is 9.03 Å². The average molecular weight is 380 g/mol. The van der Waals surface area contributed by atoms with Crippen LogP contribution in [0, 0.1) is 0 Å². The molecule has 2 aromatic rings. The predicted octanol–water partition coefficient (Wildman–Crippen LogP) is 1.51. The van der Waals surface area contributed by atoms with Gasteiger partial charge in [0.2, 0.25) is 0 Å². The van der Waals surface area contributed by atoms with E-state index in [1.165, 1.54) is 30.6 Å². The van der Waals surface area contributed by atoms with Gasteiger partial charge < -0.3 is 5.11 Å². The molecule has 7 nitrogen and oxygen atoms in total. The fourth-order valence-corrected chi connectivity index (χ4v) is 4.19. The lowest BCUT2D eigenvalue weighted by atomic mass is 10.0. The van der Waals surface area contributed by atoms with Crippen molar-refractivity contribution in [1.29, 1.82) is 0 Å². The average Bonchev–Trinajstić information content (AvgIpc) is 2.86. The number of sulfone groups is 1. The molecular formula is C16H16N2O5S2. The van der Waals surface area contributed by atoms with E-state index in [1.807, 2.05) is 0 Å². The van der Waals surface area contributed by atoms with E-state index in [0.717, 1.165) is 21.7 Å². The molecule has 0 fully saturated rings. The molecule has 0 saturated heterocycles. The molecule has 132 valence electrons. The highest BCUT2D eigenvalue weighted by molar-refractivity contribution is 7.91. The van der Waals surface area contributed by atoms with Gasteiger partial charge in [-0.15, -0.1) is 0 Å². The Morgan fingerprint density at radius 3 is 2.44 bits per heavy atom. The first-order chi connectivity index (χ1) is 11.7. The van der Waals surface area contributed by atoms with Crippen molar-refractivity contribution >= 4 is 25.7 Å². The van der Waals surface area contributed by atoms with Gasteiger partial charge >= 0.3 is 10.2 Å². The van der Waals surface area contributed by atoms with Crippen LogP contribution in [0.25, 0.3) is 0 Å². The molecule has 2 N–H and O–H groups in total. The molecule has 25 heavy (non-hydrogen) atoms. The maximum absolute atomic E-state index is 11.8. The Bertz CT molecular complexity index is 1060. The Hall–Kier alpha value is -2.52. The fourth-order valence-electron chi connectivity index (χ4n) is 2.52. The second kappa shape index (κ2) is 6.08. The molecule has 0 radical (unpaired) electrons. The lowest BCUT2D eigenvalue weighted by molar-refractivity contribution is 0.475. The minimum absolute atomic E-state index is 0.134. The lowest BCUT2D eigenvalue weighted by Gasteiger charge is -2.16. The van der Waals surface area contributed by atoms with Gasteiger partial charge in [-0.1, -0.05) is 18.2 Å². The van der Waals surface area contributed by atoms with Gasteiger partial charge in [-0.2, -0.15) is 8.42 Å². The molecular weight excluding hydrogens is 364 g/mol. The molecule has 0 bridgehead atoms. The highest BCUT2D eigenvalue weighted by Gasteiger charge is 2.25. The number of phenols is 1. The van der Waals surface area contributed by atoms with E-state index in [2.05, 4.69) is 4.72 Å². The molecule has 2 aromatic carbocycles. The Morgan fingerprint density at radius 1 is 1.12 bits per heavy atom. The van der Waals surface area contributed by atoms with E-state index >= 15 is 0 Å². The summed E-state index contributed by atoms with van der Waals surface area (Å²) in [6.45, 7) is 0. The number of benzene rings is 2. The number of hydrogen-bond donors (Lipinski definition) is 2. The molecule has 9 heteroatoms. The van der Waals surface area contributed by atoms with E-state index in [4.69, 9.17) is 0 Å². The van der Waals surface area contributed by atoms with Crippen LogP contribution >= 0.6 is 0 Å². The standard InChI is InChI=1S/C16H16N2O5S2/c1-24(20,21)14-4-2-3-12(10-14)9-13-5-6-15(16(19)11-13)18-8-7-17-25(18,22)23/h2-8,10-11,17,19H,9H2,1H3. The SMILES string of the molecule is CS(=O)(=O)c1cccc(Cc2ccc(N3C=CNS3(=O)=O)c(O)c2)c1. The number of rotatable bonds is 4. The predicted molar refractivity (Wildman–Crippen MR) is 94.1 cm³/mol. The van der Waals surface area contributed by atoms with Crippen LogP contribution in [0.5, 0.6) is 5.75 Å². The molecule has 1 heterocycles. The van der Waals surface area contributed by atoms with Gasteiger partial charge in [0, 0.05) is 18.7 Å². The van der Waals surface area contributed by atoms with Crippen LogP contribution in [-0.4, -0.2) is 28.2 Å². The first-order valence-corrected chi connectivity index (χ1v) is 10.6. The second-order valence-corrected chi connectivity index (χ2v) is 9.25. The maximum Gasteiger partial charge on any atom is 0.327 e. The van der Waals surface area contributed by atoms with E-state index in [0.29, 0.717) is 6.42 Å². The summed E-state index contributed by atoms with van der Waals surface area (Å²) in [5.41, 5.74) is 1.63. The normalized spacial score (nSPS) is 16.0. The van der Waals surface area contributed by atoms with Crippen LogP contribution in [-0.2, 0) is 26.5 Å². The Kier molecular flexibility index (Phi) is 4.21. The van der Waals surface area contributed by atoms with Crippen molar-refractivity contribution in [2.75, 3.05) is 10.6 Å². The van der Waals surface area contributed by atoms with Crippen molar-refractivity contribution in [3.63, 3.8) is 0 Å². The zero-order chi connectivity index (χ0) is 18.2. The monoisotopic (exact) mass is 380 g/mol. The van der Waals surface area contributed by atoms with Gasteiger partial charge in [-0.25, -0.2) is 12.7 Å². The quantitative estimate of drug-likeness (QED) is 0.837. The van der Waals surface area contributed by atoms with E-state index < -0.39 is 20.0 Å². The summed E-state index contributed by atoms with van der Waals surface area (Å²) in [6.07, 6.45) is 4.11. The molecule has 0 unspecified atom stereocenters. The summed E-state index contributed by atoms with van der Waals surface area (Å²) in [5.74, 6) is -0.186. The van der Waals surface area contributed by atoms with Crippen molar-refractivity contribution in [3.8, 4) is 5.75 Å². The summed E-state index contributed by atoms with van der Waals surface area (Å²) in [6, 6.07) is 11.2. The van der Waals surface area contributed by atoms with Crippen LogP contribution in [0.15, 0.2) is 59.8 Å². The number of hydrogen-bond acceptors (Lipinski definition) is 5. The molecule has 0 aromatic heterocycles. The number of nitrogens with one attached hydrogen (secondary N) is 1. The molecule has 0 aliphatic carbocycles. The molecule has 1 aliphatic heterocycles. The van der Waals surface area contributed by atoms with Gasteiger partial charge in [0.25, 0.3) is 0 Å². The Balaban J connectivity index is 1.88. The summed E-state index contributed by atoms with van der Waals surface area (Å²) in [5, 5.41) is 10.2. The van der Waals surface area contributed by atoms with Crippen LogP contribution in [0.1, 0.15) is 11.1 Å². The number of aromatic hydroxyl groups is 1. The van der Waals surface area contributed by atoms with Gasteiger partial charge in [-0.05, 0) is 41.8 Å². The lowest BCUT2D eigenvalue weighted by Crippen LogP contribution is -2.28. The molecule has 0 spiro atoms. The summed E-state index contributed by atoms with van der Waals surface area (Å²) in [4.78, 5) is 0.227. The van der Waals surface area contributed by atoms with Crippen LogP contribution in [0.4, 0.5) is 5.69 Å². The zero-order valence-electron chi connectivity index (χ0n) is 13.2. The third-order valence-electron chi connectivity index (χ3n) is 3.70. The van der Waals surface area contributed by atoms with Crippen LogP contribution in [0.2, 0.25) is 0 Å².